The van der Waals surface area contributed by atoms with Gasteiger partial charge in [-0.2, -0.15) is 0 Å². The molecule has 0 saturated heterocycles. The number of carboxylic acids is 1. The van der Waals surface area contributed by atoms with Gasteiger partial charge in [-0.25, -0.2) is 4.79 Å². The molecule has 0 aliphatic heterocycles. The number of allylic oxidation sites excluding steroid dienone is 1. The van der Waals surface area contributed by atoms with Crippen LogP contribution in [0.5, 0.6) is 0 Å². The summed E-state index contributed by atoms with van der Waals surface area (Å²) in [5.41, 5.74) is 5.30. The zero-order valence-electron chi connectivity index (χ0n) is 7.95. The summed E-state index contributed by atoms with van der Waals surface area (Å²) in [6.45, 7) is 2.79. The number of unbranched alkanes of at least 4 members (excludes halogenated alkanes) is 2. The molecule has 0 bridgehead atoms. The maximum Gasteiger partial charge on any atom is 0.370 e. The molecule has 13 heavy (non-hydrogen) atoms. The molecule has 0 aromatic carbocycles. The second kappa shape index (κ2) is 7.61. The maximum atomic E-state index is 10.5. The topological polar surface area (TPSA) is 72.5 Å². The molecule has 0 aromatic rings. The molecule has 0 rings (SSSR count). The van der Waals surface area contributed by atoms with Crippen LogP contribution in [0, 0.1) is 0 Å². The third-order valence-corrected chi connectivity index (χ3v) is 1.50. The molecule has 0 heterocycles. The van der Waals surface area contributed by atoms with Crippen molar-refractivity contribution in [1.29, 1.82) is 0 Å². The molecular weight excluding hydrogens is 170 g/mol. The molecule has 0 saturated carbocycles. The van der Waals surface area contributed by atoms with Crippen LogP contribution in [-0.2, 0) is 9.53 Å². The Balaban J connectivity index is 3.82. The predicted octanol–water partition coefficient (Wildman–Crippen LogP) is 1.12. The molecule has 3 N–H and O–H groups in total. The molecular formula is C9H17NO3. The lowest BCUT2D eigenvalue weighted by molar-refractivity contribution is -0.136. The summed E-state index contributed by atoms with van der Waals surface area (Å²) in [7, 11) is 0. The van der Waals surface area contributed by atoms with Crippen molar-refractivity contribution in [2.75, 3.05) is 13.2 Å². The van der Waals surface area contributed by atoms with E-state index in [2.05, 4.69) is 0 Å². The van der Waals surface area contributed by atoms with Gasteiger partial charge in [0.05, 0.1) is 6.61 Å². The van der Waals surface area contributed by atoms with Crippen LogP contribution >= 0.6 is 0 Å². The van der Waals surface area contributed by atoms with Gasteiger partial charge in [0.15, 0.2) is 5.76 Å². The van der Waals surface area contributed by atoms with E-state index in [1.54, 1.807) is 13.0 Å². The van der Waals surface area contributed by atoms with Crippen LogP contribution in [0.3, 0.4) is 0 Å². The van der Waals surface area contributed by atoms with Gasteiger partial charge < -0.3 is 15.6 Å². The van der Waals surface area contributed by atoms with Crippen LogP contribution in [-0.4, -0.2) is 24.2 Å². The normalized spacial score (nSPS) is 11.4. The molecule has 0 radical (unpaired) electrons. The highest BCUT2D eigenvalue weighted by atomic mass is 16.5. The Morgan fingerprint density at radius 1 is 1.54 bits per heavy atom. The fourth-order valence-electron chi connectivity index (χ4n) is 0.885. The van der Waals surface area contributed by atoms with Gasteiger partial charge in [0.2, 0.25) is 0 Å². The molecule has 0 unspecified atom stereocenters. The first-order chi connectivity index (χ1) is 6.22. The van der Waals surface area contributed by atoms with Crippen LogP contribution in [0.25, 0.3) is 0 Å². The van der Waals surface area contributed by atoms with Crippen molar-refractivity contribution in [2.45, 2.75) is 26.2 Å². The van der Waals surface area contributed by atoms with E-state index in [0.29, 0.717) is 19.6 Å². The third kappa shape index (κ3) is 6.16. The van der Waals surface area contributed by atoms with Crippen LogP contribution in [0.15, 0.2) is 11.8 Å². The second-order valence-electron chi connectivity index (χ2n) is 2.59. The lowest BCUT2D eigenvalue weighted by Crippen LogP contribution is -2.05. The van der Waals surface area contributed by atoms with Crippen LogP contribution < -0.4 is 5.73 Å². The van der Waals surface area contributed by atoms with E-state index in [-0.39, 0.29) is 5.76 Å². The smallest absolute Gasteiger partial charge is 0.370 e. The van der Waals surface area contributed by atoms with E-state index < -0.39 is 5.97 Å². The van der Waals surface area contributed by atoms with Crippen LogP contribution in [0.4, 0.5) is 0 Å². The van der Waals surface area contributed by atoms with Gasteiger partial charge in [0.1, 0.15) is 0 Å². The summed E-state index contributed by atoms with van der Waals surface area (Å²) in [5.74, 6) is -0.964. The molecule has 4 heteroatoms. The molecule has 76 valence electrons. The lowest BCUT2D eigenvalue weighted by Gasteiger charge is -2.02. The van der Waals surface area contributed by atoms with Crippen molar-refractivity contribution < 1.29 is 14.6 Å². The molecule has 0 amide bonds. The van der Waals surface area contributed by atoms with Gasteiger partial charge in [-0.1, -0.05) is 0 Å². The van der Waals surface area contributed by atoms with E-state index in [9.17, 15) is 4.79 Å². The molecule has 0 spiro atoms. The number of carbonyl (C=O) groups is 1. The Hall–Kier alpha value is -1.03. The van der Waals surface area contributed by atoms with Crippen LogP contribution in [0.1, 0.15) is 26.2 Å². The fourth-order valence-corrected chi connectivity index (χ4v) is 0.885. The van der Waals surface area contributed by atoms with Crippen molar-refractivity contribution >= 4 is 5.97 Å². The Bertz CT molecular complexity index is 178. The molecule has 0 aromatic heterocycles. The Morgan fingerprint density at radius 3 is 2.69 bits per heavy atom. The molecule has 0 fully saturated rings. The number of ether oxygens (including phenoxy) is 1. The van der Waals surface area contributed by atoms with Gasteiger partial charge in [-0.3, -0.25) is 0 Å². The van der Waals surface area contributed by atoms with Gasteiger partial charge in [-0.05, 0) is 38.8 Å². The first-order valence-corrected chi connectivity index (χ1v) is 4.48. The van der Waals surface area contributed by atoms with Crippen molar-refractivity contribution in [3.05, 3.63) is 11.8 Å². The molecule has 0 atom stereocenters. The zero-order chi connectivity index (χ0) is 10.1. The highest BCUT2D eigenvalue weighted by Gasteiger charge is 2.05. The minimum atomic E-state index is -1.01. The Kier molecular flexibility index (Phi) is 7.01. The average Bonchev–Trinajstić information content (AvgIpc) is 2.10. The van der Waals surface area contributed by atoms with E-state index in [4.69, 9.17) is 15.6 Å². The quantitative estimate of drug-likeness (QED) is 0.356. The number of hydrogen-bond acceptors (Lipinski definition) is 3. The minimum Gasteiger partial charge on any atom is -0.487 e. The second-order valence-corrected chi connectivity index (χ2v) is 2.59. The highest BCUT2D eigenvalue weighted by Crippen LogP contribution is 2.03. The largest absolute Gasteiger partial charge is 0.487 e. The van der Waals surface area contributed by atoms with Crippen molar-refractivity contribution in [1.82, 2.24) is 0 Å². The zero-order valence-corrected chi connectivity index (χ0v) is 7.95. The van der Waals surface area contributed by atoms with Gasteiger partial charge in [-0.15, -0.1) is 0 Å². The van der Waals surface area contributed by atoms with Crippen LogP contribution in [0.2, 0.25) is 0 Å². The summed E-state index contributed by atoms with van der Waals surface area (Å²) in [4.78, 5) is 10.5. The summed E-state index contributed by atoms with van der Waals surface area (Å²) in [5, 5.41) is 8.64. The standard InChI is InChI=1S/C9H17NO3/c1-2-13-8(9(11)12)6-4-3-5-7-10/h6H,2-5,7,10H2,1H3,(H,11,12). The van der Waals surface area contributed by atoms with Gasteiger partial charge in [0.25, 0.3) is 0 Å². The lowest BCUT2D eigenvalue weighted by atomic mass is 10.2. The molecule has 4 nitrogen and oxygen atoms in total. The molecule has 0 aliphatic rings. The van der Waals surface area contributed by atoms with E-state index in [1.807, 2.05) is 0 Å². The van der Waals surface area contributed by atoms with E-state index in [1.165, 1.54) is 0 Å². The van der Waals surface area contributed by atoms with Crippen molar-refractivity contribution in [3.63, 3.8) is 0 Å². The summed E-state index contributed by atoms with van der Waals surface area (Å²) in [6, 6.07) is 0. The van der Waals surface area contributed by atoms with Gasteiger partial charge >= 0.3 is 5.97 Å². The van der Waals surface area contributed by atoms with Gasteiger partial charge in [0, 0.05) is 0 Å². The van der Waals surface area contributed by atoms with E-state index in [0.717, 1.165) is 12.8 Å². The highest BCUT2D eigenvalue weighted by molar-refractivity contribution is 5.84. The summed E-state index contributed by atoms with van der Waals surface area (Å²) < 4.78 is 4.91. The average molecular weight is 187 g/mol. The maximum absolute atomic E-state index is 10.5. The van der Waals surface area contributed by atoms with Crippen molar-refractivity contribution in [3.8, 4) is 0 Å². The number of hydrogen-bond donors (Lipinski definition) is 2. The first-order valence-electron chi connectivity index (χ1n) is 4.48. The minimum absolute atomic E-state index is 0.0412. The van der Waals surface area contributed by atoms with Crippen molar-refractivity contribution in [2.24, 2.45) is 5.73 Å². The number of nitrogens with two attached hydrogens (primary N) is 1. The first kappa shape index (κ1) is 12.0. The third-order valence-electron chi connectivity index (χ3n) is 1.50. The summed E-state index contributed by atoms with van der Waals surface area (Å²) in [6.07, 6.45) is 4.12. The SMILES string of the molecule is CCOC(=CCCCCN)C(=O)O. The summed E-state index contributed by atoms with van der Waals surface area (Å²) >= 11 is 0. The Morgan fingerprint density at radius 2 is 2.23 bits per heavy atom. The monoisotopic (exact) mass is 187 g/mol. The predicted molar refractivity (Wildman–Crippen MR) is 50.3 cm³/mol. The number of aliphatic carboxylic acids is 1. The van der Waals surface area contributed by atoms with E-state index >= 15 is 0 Å². The number of carboxylic acid groups (broad SMARTS) is 1. The Labute approximate surface area is 78.4 Å². The fraction of sp³-hybridized carbons (Fsp3) is 0.667. The number of rotatable bonds is 7. The molecule has 0 aliphatic carbocycles.